The zero-order valence-electron chi connectivity index (χ0n) is 16.9. The van der Waals surface area contributed by atoms with Gasteiger partial charge >= 0.3 is 11.8 Å². The minimum absolute atomic E-state index is 0.124. The molecule has 3 rings (SSSR count). The van der Waals surface area contributed by atoms with Crippen molar-refractivity contribution in [2.24, 2.45) is 0 Å². The van der Waals surface area contributed by atoms with Gasteiger partial charge in [-0.05, 0) is 43.3 Å². The summed E-state index contributed by atoms with van der Waals surface area (Å²) in [5.74, 6) is 0.377. The molecule has 0 radical (unpaired) electrons. The Labute approximate surface area is 170 Å². The molecule has 1 aliphatic rings. The van der Waals surface area contributed by atoms with Crippen molar-refractivity contribution in [2.45, 2.75) is 13.0 Å². The molecule has 2 amide bonds. The van der Waals surface area contributed by atoms with Crippen LogP contribution in [0.4, 0.5) is 5.69 Å². The number of rotatable bonds is 7. The van der Waals surface area contributed by atoms with Crippen molar-refractivity contribution < 1.29 is 18.7 Å². The standard InChI is InChI=1S/C21H28N4O4/c1-3-22-20(26)21(27)23-15-18(19-5-4-14-29-19)25-12-10-24(11-13-25)16-6-8-17(28-2)9-7-16/h4-9,14,18H,3,10-13,15H2,1-2H3,(H,22,26)(H,23,27). The average Bonchev–Trinajstić information content (AvgIpc) is 3.29. The predicted octanol–water partition coefficient (Wildman–Crippen LogP) is 1.40. The van der Waals surface area contributed by atoms with Gasteiger partial charge in [-0.3, -0.25) is 14.5 Å². The van der Waals surface area contributed by atoms with Crippen LogP contribution in [-0.2, 0) is 9.59 Å². The molecule has 2 heterocycles. The molecule has 8 nitrogen and oxygen atoms in total. The predicted molar refractivity (Wildman–Crippen MR) is 110 cm³/mol. The smallest absolute Gasteiger partial charge is 0.309 e. The molecule has 8 heteroatoms. The number of anilines is 1. The second-order valence-electron chi connectivity index (χ2n) is 6.82. The summed E-state index contributed by atoms with van der Waals surface area (Å²) < 4.78 is 10.8. The lowest BCUT2D eigenvalue weighted by atomic mass is 10.1. The summed E-state index contributed by atoms with van der Waals surface area (Å²) in [4.78, 5) is 28.3. The van der Waals surface area contributed by atoms with Crippen LogP contribution < -0.4 is 20.3 Å². The van der Waals surface area contributed by atoms with Gasteiger partial charge < -0.3 is 24.7 Å². The third-order valence-electron chi connectivity index (χ3n) is 5.06. The zero-order valence-corrected chi connectivity index (χ0v) is 16.9. The van der Waals surface area contributed by atoms with Crippen molar-refractivity contribution in [1.29, 1.82) is 0 Å². The minimum atomic E-state index is -0.625. The average molecular weight is 400 g/mol. The molecule has 2 N–H and O–H groups in total. The maximum absolute atomic E-state index is 12.0. The SMILES string of the molecule is CCNC(=O)C(=O)NCC(c1ccco1)N1CCN(c2ccc(OC)cc2)CC1. The number of benzene rings is 1. The van der Waals surface area contributed by atoms with Gasteiger partial charge in [-0.25, -0.2) is 0 Å². The summed E-state index contributed by atoms with van der Waals surface area (Å²) in [6, 6.07) is 11.7. The fraction of sp³-hybridized carbons (Fsp3) is 0.429. The van der Waals surface area contributed by atoms with E-state index in [1.54, 1.807) is 20.3 Å². The molecule has 2 aromatic rings. The monoisotopic (exact) mass is 400 g/mol. The first-order valence-electron chi connectivity index (χ1n) is 9.85. The molecular formula is C21H28N4O4. The largest absolute Gasteiger partial charge is 0.497 e. The van der Waals surface area contributed by atoms with Gasteiger partial charge in [0.15, 0.2) is 0 Å². The number of furan rings is 1. The number of ether oxygens (including phenoxy) is 1. The molecule has 29 heavy (non-hydrogen) atoms. The van der Waals surface area contributed by atoms with Crippen LogP contribution in [0, 0.1) is 0 Å². The van der Waals surface area contributed by atoms with Crippen molar-refractivity contribution in [2.75, 3.05) is 51.3 Å². The summed E-state index contributed by atoms with van der Waals surface area (Å²) in [6.07, 6.45) is 1.63. The summed E-state index contributed by atoms with van der Waals surface area (Å²) >= 11 is 0. The molecular weight excluding hydrogens is 372 g/mol. The third kappa shape index (κ3) is 5.29. The van der Waals surface area contributed by atoms with E-state index in [2.05, 4.69) is 32.6 Å². The number of hydrogen-bond acceptors (Lipinski definition) is 6. The highest BCUT2D eigenvalue weighted by atomic mass is 16.5. The van der Waals surface area contributed by atoms with Crippen LogP contribution in [0.1, 0.15) is 18.7 Å². The second-order valence-corrected chi connectivity index (χ2v) is 6.82. The Hall–Kier alpha value is -3.00. The molecule has 1 aromatic heterocycles. The maximum Gasteiger partial charge on any atom is 0.309 e. The van der Waals surface area contributed by atoms with E-state index < -0.39 is 11.8 Å². The van der Waals surface area contributed by atoms with Crippen LogP contribution in [0.15, 0.2) is 47.1 Å². The quantitative estimate of drug-likeness (QED) is 0.684. The molecule has 0 spiro atoms. The lowest BCUT2D eigenvalue weighted by Gasteiger charge is -2.39. The van der Waals surface area contributed by atoms with Crippen molar-refractivity contribution in [1.82, 2.24) is 15.5 Å². The summed E-state index contributed by atoms with van der Waals surface area (Å²) in [6.45, 7) is 5.84. The highest BCUT2D eigenvalue weighted by molar-refractivity contribution is 6.35. The van der Waals surface area contributed by atoms with Gasteiger partial charge in [0, 0.05) is 45.0 Å². The van der Waals surface area contributed by atoms with Gasteiger partial charge in [-0.2, -0.15) is 0 Å². The van der Waals surface area contributed by atoms with Crippen LogP contribution in [-0.4, -0.2) is 63.1 Å². The van der Waals surface area contributed by atoms with E-state index in [4.69, 9.17) is 9.15 Å². The van der Waals surface area contributed by atoms with E-state index in [0.29, 0.717) is 13.1 Å². The molecule has 0 saturated carbocycles. The van der Waals surface area contributed by atoms with Crippen molar-refractivity contribution in [3.63, 3.8) is 0 Å². The molecule has 0 bridgehead atoms. The van der Waals surface area contributed by atoms with E-state index in [1.165, 1.54) is 0 Å². The number of carbonyl (C=O) groups excluding carboxylic acids is 2. The van der Waals surface area contributed by atoms with Crippen molar-refractivity contribution in [3.8, 4) is 5.75 Å². The molecule has 1 fully saturated rings. The van der Waals surface area contributed by atoms with Crippen LogP contribution in [0.5, 0.6) is 5.75 Å². The summed E-state index contributed by atoms with van der Waals surface area (Å²) in [5, 5.41) is 5.24. The number of hydrogen-bond donors (Lipinski definition) is 2. The van der Waals surface area contributed by atoms with Crippen LogP contribution in [0.2, 0.25) is 0 Å². The number of amides is 2. The molecule has 1 saturated heterocycles. The minimum Gasteiger partial charge on any atom is -0.497 e. The number of likely N-dealkylation sites (N-methyl/N-ethyl adjacent to an activating group) is 1. The molecule has 0 aliphatic carbocycles. The molecule has 1 unspecified atom stereocenters. The van der Waals surface area contributed by atoms with E-state index in [0.717, 1.165) is 43.4 Å². The number of carbonyl (C=O) groups is 2. The highest BCUT2D eigenvalue weighted by Gasteiger charge is 2.28. The first-order valence-corrected chi connectivity index (χ1v) is 9.85. The molecule has 1 aromatic carbocycles. The molecule has 1 atom stereocenters. The van der Waals surface area contributed by atoms with Gasteiger partial charge in [-0.15, -0.1) is 0 Å². The Morgan fingerprint density at radius 2 is 1.76 bits per heavy atom. The Morgan fingerprint density at radius 1 is 1.07 bits per heavy atom. The van der Waals surface area contributed by atoms with Gasteiger partial charge in [0.25, 0.3) is 0 Å². The van der Waals surface area contributed by atoms with Crippen molar-refractivity contribution in [3.05, 3.63) is 48.4 Å². The Balaban J connectivity index is 1.60. The summed E-state index contributed by atoms with van der Waals surface area (Å²) in [7, 11) is 1.66. The van der Waals surface area contributed by atoms with Gasteiger partial charge in [0.05, 0.1) is 19.4 Å². The topological polar surface area (TPSA) is 87.0 Å². The summed E-state index contributed by atoms with van der Waals surface area (Å²) in [5.41, 5.74) is 1.16. The van der Waals surface area contributed by atoms with E-state index in [9.17, 15) is 9.59 Å². The Kier molecular flexibility index (Phi) is 7.13. The number of nitrogens with zero attached hydrogens (tertiary/aromatic N) is 2. The van der Waals surface area contributed by atoms with E-state index in [-0.39, 0.29) is 6.04 Å². The van der Waals surface area contributed by atoms with E-state index in [1.807, 2.05) is 24.3 Å². The first kappa shape index (κ1) is 20.7. The van der Waals surface area contributed by atoms with Gasteiger partial charge in [0.2, 0.25) is 0 Å². The maximum atomic E-state index is 12.0. The number of nitrogens with one attached hydrogen (secondary N) is 2. The zero-order chi connectivity index (χ0) is 20.6. The van der Waals surface area contributed by atoms with E-state index >= 15 is 0 Å². The van der Waals surface area contributed by atoms with Crippen LogP contribution in [0.3, 0.4) is 0 Å². The molecule has 156 valence electrons. The highest BCUT2D eigenvalue weighted by Crippen LogP contribution is 2.25. The van der Waals surface area contributed by atoms with Crippen LogP contribution >= 0.6 is 0 Å². The van der Waals surface area contributed by atoms with Gasteiger partial charge in [-0.1, -0.05) is 0 Å². The number of piperazine rings is 1. The fourth-order valence-corrected chi connectivity index (χ4v) is 3.49. The molecule has 1 aliphatic heterocycles. The first-order chi connectivity index (χ1) is 14.1. The number of methoxy groups -OCH3 is 1. The normalized spacial score (nSPS) is 15.6. The lowest BCUT2D eigenvalue weighted by molar-refractivity contribution is -0.139. The Morgan fingerprint density at radius 3 is 2.34 bits per heavy atom. The fourth-order valence-electron chi connectivity index (χ4n) is 3.49. The van der Waals surface area contributed by atoms with Crippen molar-refractivity contribution >= 4 is 17.5 Å². The lowest BCUT2D eigenvalue weighted by Crippen LogP contribution is -2.50. The third-order valence-corrected chi connectivity index (χ3v) is 5.06. The van der Waals surface area contributed by atoms with Gasteiger partial charge in [0.1, 0.15) is 11.5 Å². The Bertz CT molecular complexity index is 784. The second kappa shape index (κ2) is 9.97. The van der Waals surface area contributed by atoms with Crippen LogP contribution in [0.25, 0.3) is 0 Å².